The Hall–Kier alpha value is -2.59. The molecule has 0 saturated carbocycles. The predicted molar refractivity (Wildman–Crippen MR) is 92.5 cm³/mol. The first-order chi connectivity index (χ1) is 11.4. The summed E-state index contributed by atoms with van der Waals surface area (Å²) in [7, 11) is 0. The van der Waals surface area contributed by atoms with E-state index in [9.17, 15) is 0 Å². The molecule has 1 aliphatic heterocycles. The maximum absolute atomic E-state index is 5.57. The van der Waals surface area contributed by atoms with Crippen molar-refractivity contribution in [2.45, 2.75) is 0 Å². The summed E-state index contributed by atoms with van der Waals surface area (Å²) in [4.78, 5) is 2.40. The third-order valence-electron chi connectivity index (χ3n) is 4.19. The van der Waals surface area contributed by atoms with Crippen LogP contribution in [-0.2, 0) is 0 Å². The molecule has 0 aliphatic carbocycles. The van der Waals surface area contributed by atoms with E-state index in [1.807, 2.05) is 36.4 Å². The molecule has 1 aliphatic rings. The lowest BCUT2D eigenvalue weighted by atomic mass is 10.1. The second-order valence-electron chi connectivity index (χ2n) is 5.73. The van der Waals surface area contributed by atoms with E-state index in [1.165, 1.54) is 5.69 Å². The Morgan fingerprint density at radius 3 is 2.48 bits per heavy atom. The van der Waals surface area contributed by atoms with Gasteiger partial charge in [-0.3, -0.25) is 0 Å². The highest BCUT2D eigenvalue weighted by Gasteiger charge is 2.13. The van der Waals surface area contributed by atoms with Gasteiger partial charge in [-0.05, 0) is 12.1 Å². The first kappa shape index (κ1) is 14.0. The molecular formula is C19H19N3O. The van der Waals surface area contributed by atoms with Gasteiger partial charge >= 0.3 is 0 Å². The highest BCUT2D eigenvalue weighted by atomic mass is 16.5. The molecule has 0 spiro atoms. The number of anilines is 1. The van der Waals surface area contributed by atoms with Crippen LogP contribution < -0.4 is 10.2 Å². The van der Waals surface area contributed by atoms with Crippen LogP contribution in [0.15, 0.2) is 65.2 Å². The van der Waals surface area contributed by atoms with Gasteiger partial charge in [-0.25, -0.2) is 0 Å². The lowest BCUT2D eigenvalue weighted by Crippen LogP contribution is -2.43. The summed E-state index contributed by atoms with van der Waals surface area (Å²) in [5.74, 6) is 0.806. The second-order valence-corrected chi connectivity index (χ2v) is 5.73. The fourth-order valence-electron chi connectivity index (χ4n) is 2.94. The molecule has 0 bridgehead atoms. The van der Waals surface area contributed by atoms with Crippen molar-refractivity contribution in [3.8, 4) is 22.6 Å². The van der Waals surface area contributed by atoms with Crippen molar-refractivity contribution < 1.29 is 4.52 Å². The number of nitrogens with zero attached hydrogens (tertiary/aromatic N) is 2. The normalized spacial score (nSPS) is 14.9. The second kappa shape index (κ2) is 6.26. The summed E-state index contributed by atoms with van der Waals surface area (Å²) in [6.45, 7) is 4.14. The van der Waals surface area contributed by atoms with Crippen LogP contribution in [0.4, 0.5) is 5.69 Å². The zero-order valence-electron chi connectivity index (χ0n) is 12.9. The van der Waals surface area contributed by atoms with E-state index in [-0.39, 0.29) is 0 Å². The number of nitrogens with one attached hydrogen (secondary N) is 1. The van der Waals surface area contributed by atoms with Gasteiger partial charge in [0, 0.05) is 49.1 Å². The zero-order chi connectivity index (χ0) is 15.5. The van der Waals surface area contributed by atoms with Gasteiger partial charge in [-0.2, -0.15) is 0 Å². The number of benzene rings is 2. The van der Waals surface area contributed by atoms with Gasteiger partial charge in [-0.15, -0.1) is 0 Å². The first-order valence-electron chi connectivity index (χ1n) is 7.98. The van der Waals surface area contributed by atoms with Crippen LogP contribution in [-0.4, -0.2) is 31.3 Å². The van der Waals surface area contributed by atoms with Gasteiger partial charge < -0.3 is 14.7 Å². The molecule has 0 radical (unpaired) electrons. The molecule has 23 heavy (non-hydrogen) atoms. The number of hydrogen-bond acceptors (Lipinski definition) is 4. The Bertz CT molecular complexity index is 776. The number of piperazine rings is 1. The third-order valence-corrected chi connectivity index (χ3v) is 4.19. The first-order valence-corrected chi connectivity index (χ1v) is 7.98. The summed E-state index contributed by atoms with van der Waals surface area (Å²) in [5, 5.41) is 7.59. The average molecular weight is 305 g/mol. The van der Waals surface area contributed by atoms with E-state index in [1.54, 1.807) is 0 Å². The van der Waals surface area contributed by atoms with Crippen LogP contribution in [0, 0.1) is 0 Å². The van der Waals surface area contributed by atoms with Crippen molar-refractivity contribution in [1.29, 1.82) is 0 Å². The van der Waals surface area contributed by atoms with Gasteiger partial charge in [0.25, 0.3) is 0 Å². The standard InChI is InChI=1S/C19H19N3O/c1-2-5-15(6-3-1)18-14-19(23-21-18)16-7-4-8-17(13-16)22-11-9-20-10-12-22/h1-8,13-14,20H,9-12H2. The average Bonchev–Trinajstić information content (AvgIpc) is 3.14. The van der Waals surface area contributed by atoms with Crippen LogP contribution in [0.5, 0.6) is 0 Å². The molecule has 2 aromatic carbocycles. The smallest absolute Gasteiger partial charge is 0.167 e. The maximum Gasteiger partial charge on any atom is 0.167 e. The lowest BCUT2D eigenvalue weighted by Gasteiger charge is -2.29. The molecule has 1 N–H and O–H groups in total. The minimum absolute atomic E-state index is 0.806. The Labute approximate surface area is 135 Å². The van der Waals surface area contributed by atoms with Crippen LogP contribution in [0.2, 0.25) is 0 Å². The van der Waals surface area contributed by atoms with Gasteiger partial charge in [0.2, 0.25) is 0 Å². The van der Waals surface area contributed by atoms with Crippen LogP contribution in [0.1, 0.15) is 0 Å². The molecule has 1 fully saturated rings. The molecule has 2 heterocycles. The molecule has 3 aromatic rings. The molecule has 1 aromatic heterocycles. The topological polar surface area (TPSA) is 41.3 Å². The van der Waals surface area contributed by atoms with Crippen molar-refractivity contribution >= 4 is 5.69 Å². The fourth-order valence-corrected chi connectivity index (χ4v) is 2.94. The fraction of sp³-hybridized carbons (Fsp3) is 0.211. The largest absolute Gasteiger partial charge is 0.369 e. The molecule has 1 saturated heterocycles. The van der Waals surface area contributed by atoms with Crippen LogP contribution in [0.25, 0.3) is 22.6 Å². The van der Waals surface area contributed by atoms with Crippen molar-refractivity contribution in [3.05, 3.63) is 60.7 Å². The molecule has 116 valence electrons. The SMILES string of the molecule is c1ccc(-c2cc(-c3cccc(N4CCNCC4)c3)on2)cc1. The Kier molecular flexibility index (Phi) is 3.82. The number of aromatic nitrogens is 1. The van der Waals surface area contributed by atoms with Gasteiger partial charge in [0.05, 0.1) is 0 Å². The van der Waals surface area contributed by atoms with E-state index in [0.29, 0.717) is 0 Å². The molecule has 4 rings (SSSR count). The molecule has 0 atom stereocenters. The zero-order valence-corrected chi connectivity index (χ0v) is 12.9. The van der Waals surface area contributed by atoms with Crippen molar-refractivity contribution in [1.82, 2.24) is 10.5 Å². The summed E-state index contributed by atoms with van der Waals surface area (Å²) in [5.41, 5.74) is 4.24. The highest BCUT2D eigenvalue weighted by Crippen LogP contribution is 2.28. The minimum atomic E-state index is 0.806. The van der Waals surface area contributed by atoms with E-state index in [0.717, 1.165) is 48.8 Å². The van der Waals surface area contributed by atoms with E-state index < -0.39 is 0 Å². The Morgan fingerprint density at radius 1 is 0.870 bits per heavy atom. The van der Waals surface area contributed by atoms with Crippen LogP contribution in [0.3, 0.4) is 0 Å². The number of rotatable bonds is 3. The van der Waals surface area contributed by atoms with Crippen molar-refractivity contribution in [2.75, 3.05) is 31.1 Å². The highest BCUT2D eigenvalue weighted by molar-refractivity contribution is 5.69. The van der Waals surface area contributed by atoms with Crippen molar-refractivity contribution in [3.63, 3.8) is 0 Å². The lowest BCUT2D eigenvalue weighted by molar-refractivity contribution is 0.435. The Balaban J connectivity index is 1.62. The van der Waals surface area contributed by atoms with E-state index in [4.69, 9.17) is 4.52 Å². The van der Waals surface area contributed by atoms with Gasteiger partial charge in [0.1, 0.15) is 5.69 Å². The Morgan fingerprint density at radius 2 is 1.65 bits per heavy atom. The molecule has 4 heteroatoms. The van der Waals surface area contributed by atoms with Gasteiger partial charge in [-0.1, -0.05) is 47.6 Å². The maximum atomic E-state index is 5.57. The quantitative estimate of drug-likeness (QED) is 0.805. The summed E-state index contributed by atoms with van der Waals surface area (Å²) < 4.78 is 5.57. The molecule has 4 nitrogen and oxygen atoms in total. The summed E-state index contributed by atoms with van der Waals surface area (Å²) >= 11 is 0. The summed E-state index contributed by atoms with van der Waals surface area (Å²) in [6, 6.07) is 20.6. The minimum Gasteiger partial charge on any atom is -0.369 e. The van der Waals surface area contributed by atoms with E-state index >= 15 is 0 Å². The molecule has 0 unspecified atom stereocenters. The van der Waals surface area contributed by atoms with Crippen LogP contribution >= 0.6 is 0 Å². The predicted octanol–water partition coefficient (Wildman–Crippen LogP) is 3.42. The van der Waals surface area contributed by atoms with Crippen molar-refractivity contribution in [2.24, 2.45) is 0 Å². The number of hydrogen-bond donors (Lipinski definition) is 1. The summed E-state index contributed by atoms with van der Waals surface area (Å²) in [6.07, 6.45) is 0. The van der Waals surface area contributed by atoms with E-state index in [2.05, 4.69) is 39.6 Å². The molecule has 0 amide bonds. The molecular weight excluding hydrogens is 286 g/mol. The monoisotopic (exact) mass is 305 g/mol. The third kappa shape index (κ3) is 2.98. The van der Waals surface area contributed by atoms with Gasteiger partial charge in [0.15, 0.2) is 5.76 Å².